The quantitative estimate of drug-likeness (QED) is 0.509. The molecule has 54 valence electrons. The Bertz CT molecular complexity index is 161. The maximum atomic E-state index is 3.72. The third kappa shape index (κ3) is 2.22. The molecule has 1 rings (SSSR count). The summed E-state index contributed by atoms with van der Waals surface area (Å²) in [5.74, 6) is 0. The van der Waals surface area contributed by atoms with Gasteiger partial charge in [0.25, 0.3) is 0 Å². The SMILES string of the molecule is C=CCC1=CC=CCCC1. The highest BCUT2D eigenvalue weighted by Crippen LogP contribution is 2.15. The number of hydrogen-bond acceptors (Lipinski definition) is 0. The Morgan fingerprint density at radius 2 is 2.50 bits per heavy atom. The van der Waals surface area contributed by atoms with Crippen LogP contribution in [0.15, 0.2) is 36.5 Å². The van der Waals surface area contributed by atoms with Crippen molar-refractivity contribution in [1.82, 2.24) is 0 Å². The van der Waals surface area contributed by atoms with Crippen LogP contribution in [0.5, 0.6) is 0 Å². The average molecular weight is 134 g/mol. The molecular weight excluding hydrogens is 120 g/mol. The summed E-state index contributed by atoms with van der Waals surface area (Å²) in [5.41, 5.74) is 1.52. The molecule has 0 aromatic carbocycles. The second-order valence-corrected chi connectivity index (χ2v) is 2.64. The van der Waals surface area contributed by atoms with E-state index < -0.39 is 0 Å². The summed E-state index contributed by atoms with van der Waals surface area (Å²) in [6.07, 6.45) is 13.4. The molecule has 0 N–H and O–H groups in total. The van der Waals surface area contributed by atoms with Gasteiger partial charge in [-0.15, -0.1) is 6.58 Å². The van der Waals surface area contributed by atoms with Gasteiger partial charge >= 0.3 is 0 Å². The van der Waals surface area contributed by atoms with Crippen LogP contribution in [0.3, 0.4) is 0 Å². The van der Waals surface area contributed by atoms with Gasteiger partial charge in [0.05, 0.1) is 0 Å². The summed E-state index contributed by atoms with van der Waals surface area (Å²) < 4.78 is 0. The normalized spacial score (nSPS) is 17.8. The zero-order valence-corrected chi connectivity index (χ0v) is 6.34. The van der Waals surface area contributed by atoms with E-state index >= 15 is 0 Å². The van der Waals surface area contributed by atoms with Crippen LogP contribution in [0.2, 0.25) is 0 Å². The van der Waals surface area contributed by atoms with Crippen molar-refractivity contribution in [1.29, 1.82) is 0 Å². The second kappa shape index (κ2) is 4.10. The minimum Gasteiger partial charge on any atom is -0.103 e. The fourth-order valence-corrected chi connectivity index (χ4v) is 1.19. The van der Waals surface area contributed by atoms with Crippen LogP contribution in [-0.2, 0) is 0 Å². The first kappa shape index (κ1) is 7.33. The summed E-state index contributed by atoms with van der Waals surface area (Å²) in [7, 11) is 0. The van der Waals surface area contributed by atoms with Crippen molar-refractivity contribution in [3.63, 3.8) is 0 Å². The van der Waals surface area contributed by atoms with Crippen molar-refractivity contribution in [3.8, 4) is 0 Å². The van der Waals surface area contributed by atoms with Crippen LogP contribution >= 0.6 is 0 Å². The van der Waals surface area contributed by atoms with Crippen LogP contribution in [0.25, 0.3) is 0 Å². The smallest absolute Gasteiger partial charge is 0.0138 e. The van der Waals surface area contributed by atoms with E-state index in [4.69, 9.17) is 0 Å². The summed E-state index contributed by atoms with van der Waals surface area (Å²) >= 11 is 0. The van der Waals surface area contributed by atoms with Crippen molar-refractivity contribution in [2.75, 3.05) is 0 Å². The van der Waals surface area contributed by atoms with E-state index in [2.05, 4.69) is 24.8 Å². The fourth-order valence-electron chi connectivity index (χ4n) is 1.19. The number of hydrogen-bond donors (Lipinski definition) is 0. The number of allylic oxidation sites excluding steroid dienone is 5. The molecule has 0 fully saturated rings. The Kier molecular flexibility index (Phi) is 3.01. The molecule has 0 bridgehead atoms. The van der Waals surface area contributed by atoms with Crippen LogP contribution in [0.1, 0.15) is 25.7 Å². The van der Waals surface area contributed by atoms with E-state index in [1.165, 1.54) is 24.8 Å². The lowest BCUT2D eigenvalue weighted by atomic mass is 10.1. The summed E-state index contributed by atoms with van der Waals surface area (Å²) in [6.45, 7) is 3.72. The standard InChI is InChI=1S/C10H14/c1-2-7-10-8-5-3-4-6-9-10/h2-3,5,8H,1,4,6-7,9H2. The second-order valence-electron chi connectivity index (χ2n) is 2.64. The van der Waals surface area contributed by atoms with Crippen LogP contribution < -0.4 is 0 Å². The van der Waals surface area contributed by atoms with Gasteiger partial charge in [0.2, 0.25) is 0 Å². The molecule has 0 atom stereocenters. The Labute approximate surface area is 62.9 Å². The molecule has 0 saturated carbocycles. The highest BCUT2D eigenvalue weighted by Gasteiger charge is 1.95. The molecule has 0 unspecified atom stereocenters. The van der Waals surface area contributed by atoms with E-state index in [-0.39, 0.29) is 0 Å². The van der Waals surface area contributed by atoms with Crippen molar-refractivity contribution >= 4 is 0 Å². The molecule has 0 heteroatoms. The topological polar surface area (TPSA) is 0 Å². The molecule has 0 spiro atoms. The van der Waals surface area contributed by atoms with Crippen molar-refractivity contribution < 1.29 is 0 Å². The van der Waals surface area contributed by atoms with Crippen LogP contribution in [0.4, 0.5) is 0 Å². The lowest BCUT2D eigenvalue weighted by Gasteiger charge is -1.98. The Balaban J connectivity index is 2.48. The van der Waals surface area contributed by atoms with E-state index in [1.54, 1.807) is 0 Å². The third-order valence-electron chi connectivity index (χ3n) is 1.74. The Hall–Kier alpha value is -0.780. The largest absolute Gasteiger partial charge is 0.103 e. The van der Waals surface area contributed by atoms with Gasteiger partial charge in [0.1, 0.15) is 0 Å². The van der Waals surface area contributed by atoms with Gasteiger partial charge in [-0.25, -0.2) is 0 Å². The Morgan fingerprint density at radius 3 is 3.30 bits per heavy atom. The third-order valence-corrected chi connectivity index (χ3v) is 1.74. The lowest BCUT2D eigenvalue weighted by Crippen LogP contribution is -1.78. The zero-order valence-electron chi connectivity index (χ0n) is 6.34. The van der Waals surface area contributed by atoms with Crippen LogP contribution in [-0.4, -0.2) is 0 Å². The van der Waals surface area contributed by atoms with Gasteiger partial charge in [-0.2, -0.15) is 0 Å². The molecule has 1 aliphatic rings. The first-order valence-corrected chi connectivity index (χ1v) is 3.89. The molecule has 0 radical (unpaired) electrons. The molecule has 0 aliphatic heterocycles. The van der Waals surface area contributed by atoms with Gasteiger partial charge < -0.3 is 0 Å². The molecular formula is C10H14. The molecule has 0 saturated heterocycles. The predicted octanol–water partition coefficient (Wildman–Crippen LogP) is 3.23. The number of rotatable bonds is 2. The summed E-state index contributed by atoms with van der Waals surface area (Å²) in [4.78, 5) is 0. The molecule has 0 aromatic rings. The average Bonchev–Trinajstić information content (AvgIpc) is 2.17. The van der Waals surface area contributed by atoms with E-state index in [0.29, 0.717) is 0 Å². The summed E-state index contributed by atoms with van der Waals surface area (Å²) in [5, 5.41) is 0. The zero-order chi connectivity index (χ0) is 7.23. The first-order valence-electron chi connectivity index (χ1n) is 3.89. The first-order chi connectivity index (χ1) is 4.93. The summed E-state index contributed by atoms with van der Waals surface area (Å²) in [6, 6.07) is 0. The minimum atomic E-state index is 1.06. The van der Waals surface area contributed by atoms with Gasteiger partial charge in [-0.05, 0) is 25.7 Å². The molecule has 0 heterocycles. The minimum absolute atomic E-state index is 1.06. The van der Waals surface area contributed by atoms with Gasteiger partial charge in [0, 0.05) is 0 Å². The maximum absolute atomic E-state index is 3.72. The van der Waals surface area contributed by atoms with Crippen molar-refractivity contribution in [2.24, 2.45) is 0 Å². The van der Waals surface area contributed by atoms with Gasteiger partial charge in [-0.3, -0.25) is 0 Å². The van der Waals surface area contributed by atoms with Crippen LogP contribution in [0, 0.1) is 0 Å². The van der Waals surface area contributed by atoms with Gasteiger partial charge in [0.15, 0.2) is 0 Å². The molecule has 1 aliphatic carbocycles. The Morgan fingerprint density at radius 1 is 1.60 bits per heavy atom. The molecule has 0 amide bonds. The molecule has 0 aromatic heterocycles. The highest BCUT2D eigenvalue weighted by atomic mass is 14.0. The monoisotopic (exact) mass is 134 g/mol. The lowest BCUT2D eigenvalue weighted by molar-refractivity contribution is 0.825. The van der Waals surface area contributed by atoms with Gasteiger partial charge in [-0.1, -0.05) is 29.9 Å². The molecule has 10 heavy (non-hydrogen) atoms. The van der Waals surface area contributed by atoms with E-state index in [0.717, 1.165) is 6.42 Å². The van der Waals surface area contributed by atoms with Crippen molar-refractivity contribution in [2.45, 2.75) is 25.7 Å². The molecule has 0 nitrogen and oxygen atoms in total. The van der Waals surface area contributed by atoms with E-state index in [1.807, 2.05) is 6.08 Å². The highest BCUT2D eigenvalue weighted by molar-refractivity contribution is 5.16. The van der Waals surface area contributed by atoms with E-state index in [9.17, 15) is 0 Å². The predicted molar refractivity (Wildman–Crippen MR) is 45.9 cm³/mol. The van der Waals surface area contributed by atoms with Crippen molar-refractivity contribution in [3.05, 3.63) is 36.5 Å². The maximum Gasteiger partial charge on any atom is -0.0138 e. The fraction of sp³-hybridized carbons (Fsp3) is 0.400.